The molecule has 1 aliphatic rings. The molecule has 0 aliphatic carbocycles. The molecule has 1 unspecified atom stereocenters. The largest absolute Gasteiger partial charge is 0.358 e. The number of Topliss-reactive ketones (excluding diaryl/α,β-unsaturated/α-hetero) is 1. The number of para-hydroxylation sites is 1. The highest BCUT2D eigenvalue weighted by atomic mass is 32.2. The fourth-order valence-corrected chi connectivity index (χ4v) is 4.17. The molecular weight excluding hydrogens is 332 g/mol. The van der Waals surface area contributed by atoms with E-state index in [0.29, 0.717) is 19.4 Å². The van der Waals surface area contributed by atoms with Gasteiger partial charge in [-0.25, -0.2) is 0 Å². The summed E-state index contributed by atoms with van der Waals surface area (Å²) in [5.74, 6) is -0.376. The van der Waals surface area contributed by atoms with Gasteiger partial charge in [0.2, 0.25) is 5.78 Å². The second-order valence-corrected chi connectivity index (χ2v) is 7.36. The van der Waals surface area contributed by atoms with Gasteiger partial charge in [0.15, 0.2) is 6.29 Å². The lowest BCUT2D eigenvalue weighted by Gasteiger charge is -2.37. The third-order valence-corrected chi connectivity index (χ3v) is 5.66. The van der Waals surface area contributed by atoms with E-state index in [0.717, 1.165) is 17.1 Å². The summed E-state index contributed by atoms with van der Waals surface area (Å²) in [6, 6.07) is 14.1. The monoisotopic (exact) mass is 354 g/mol. The number of hydrogen-bond donors (Lipinski definition) is 1. The number of nitrogens with zero attached hydrogens (tertiary/aromatic N) is 1. The number of piperazine rings is 1. The zero-order valence-corrected chi connectivity index (χ0v) is 15.3. The van der Waals surface area contributed by atoms with Crippen LogP contribution in [0.3, 0.4) is 0 Å². The molecule has 1 saturated heterocycles. The van der Waals surface area contributed by atoms with Gasteiger partial charge in [0.05, 0.1) is 5.69 Å². The first-order chi connectivity index (χ1) is 12.1. The van der Waals surface area contributed by atoms with Crippen LogP contribution in [0.2, 0.25) is 0 Å². The summed E-state index contributed by atoms with van der Waals surface area (Å²) in [4.78, 5) is 27.4. The molecule has 0 amide bonds. The van der Waals surface area contributed by atoms with Crippen LogP contribution in [0.1, 0.15) is 11.1 Å². The van der Waals surface area contributed by atoms with E-state index in [9.17, 15) is 9.59 Å². The molecule has 1 N–H and O–H groups in total. The van der Waals surface area contributed by atoms with E-state index in [2.05, 4.69) is 48.3 Å². The molecule has 4 nitrogen and oxygen atoms in total. The highest BCUT2D eigenvalue weighted by Gasteiger charge is 2.29. The Hall–Kier alpha value is -2.11. The van der Waals surface area contributed by atoms with E-state index < -0.39 is 6.04 Å². The van der Waals surface area contributed by atoms with Gasteiger partial charge < -0.3 is 10.2 Å². The maximum Gasteiger partial charge on any atom is 0.218 e. The van der Waals surface area contributed by atoms with Gasteiger partial charge in [0, 0.05) is 29.4 Å². The van der Waals surface area contributed by atoms with Crippen LogP contribution in [0.5, 0.6) is 0 Å². The Labute approximate surface area is 152 Å². The maximum atomic E-state index is 12.1. The lowest BCUT2D eigenvalue weighted by Crippen LogP contribution is -2.55. The number of ketones is 1. The molecule has 25 heavy (non-hydrogen) atoms. The molecule has 2 aromatic carbocycles. The minimum Gasteiger partial charge on any atom is -0.358 e. The molecule has 1 heterocycles. The molecule has 1 fully saturated rings. The van der Waals surface area contributed by atoms with Gasteiger partial charge in [-0.15, -0.1) is 0 Å². The number of carbonyl (C=O) groups is 2. The zero-order valence-electron chi connectivity index (χ0n) is 14.5. The molecule has 2 aromatic rings. The van der Waals surface area contributed by atoms with E-state index in [1.54, 1.807) is 11.8 Å². The van der Waals surface area contributed by atoms with Crippen molar-refractivity contribution in [1.29, 1.82) is 0 Å². The fourth-order valence-electron chi connectivity index (χ4n) is 3.14. The van der Waals surface area contributed by atoms with Crippen molar-refractivity contribution in [2.24, 2.45) is 0 Å². The third kappa shape index (κ3) is 3.94. The Bertz CT molecular complexity index is 791. The van der Waals surface area contributed by atoms with Gasteiger partial charge in [-0.2, -0.15) is 0 Å². The van der Waals surface area contributed by atoms with Crippen LogP contribution in [-0.4, -0.2) is 37.7 Å². The minimum absolute atomic E-state index is 0.376. The average molecular weight is 354 g/mol. The van der Waals surface area contributed by atoms with Crippen molar-refractivity contribution in [1.82, 2.24) is 5.32 Å². The molecule has 0 spiro atoms. The van der Waals surface area contributed by atoms with Crippen molar-refractivity contribution in [3.63, 3.8) is 0 Å². The molecule has 3 rings (SSSR count). The second-order valence-electron chi connectivity index (χ2n) is 6.27. The summed E-state index contributed by atoms with van der Waals surface area (Å²) < 4.78 is 0. The van der Waals surface area contributed by atoms with E-state index in [1.807, 2.05) is 18.2 Å². The first-order valence-corrected chi connectivity index (χ1v) is 9.22. The van der Waals surface area contributed by atoms with Crippen molar-refractivity contribution >= 4 is 29.5 Å². The molecule has 0 bridgehead atoms. The van der Waals surface area contributed by atoms with Crippen LogP contribution in [0.25, 0.3) is 0 Å². The first kappa shape index (κ1) is 17.7. The smallest absolute Gasteiger partial charge is 0.218 e. The molecule has 5 heteroatoms. The van der Waals surface area contributed by atoms with Crippen LogP contribution >= 0.6 is 11.8 Å². The van der Waals surface area contributed by atoms with E-state index in [-0.39, 0.29) is 5.78 Å². The Morgan fingerprint density at radius 2 is 2.00 bits per heavy atom. The van der Waals surface area contributed by atoms with Crippen LogP contribution in [-0.2, 0) is 9.59 Å². The van der Waals surface area contributed by atoms with Crippen LogP contribution in [0.15, 0.2) is 52.3 Å². The van der Waals surface area contributed by atoms with Crippen molar-refractivity contribution in [3.8, 4) is 0 Å². The van der Waals surface area contributed by atoms with Gasteiger partial charge in [-0.1, -0.05) is 41.6 Å². The topological polar surface area (TPSA) is 49.4 Å². The average Bonchev–Trinajstić information content (AvgIpc) is 2.64. The SMILES string of the molecule is Cc1ccc(Sc2ccccc2N2CCNCC2C(=O)C=O)c(C)c1. The summed E-state index contributed by atoms with van der Waals surface area (Å²) in [6.07, 6.45) is 0.435. The van der Waals surface area contributed by atoms with E-state index in [1.165, 1.54) is 16.0 Å². The quantitative estimate of drug-likeness (QED) is 0.661. The number of carbonyl (C=O) groups excluding carboxylic acids is 2. The Kier molecular flexibility index (Phi) is 5.56. The van der Waals surface area contributed by atoms with Crippen molar-refractivity contribution < 1.29 is 9.59 Å². The lowest BCUT2D eigenvalue weighted by atomic mass is 10.1. The lowest BCUT2D eigenvalue weighted by molar-refractivity contribution is -0.130. The summed E-state index contributed by atoms with van der Waals surface area (Å²) in [7, 11) is 0. The van der Waals surface area contributed by atoms with Crippen molar-refractivity contribution in [3.05, 3.63) is 53.6 Å². The van der Waals surface area contributed by atoms with Gasteiger partial charge in [-0.05, 0) is 37.6 Å². The summed E-state index contributed by atoms with van der Waals surface area (Å²) in [5.41, 5.74) is 3.49. The van der Waals surface area contributed by atoms with Crippen LogP contribution < -0.4 is 10.2 Å². The highest BCUT2D eigenvalue weighted by Crippen LogP contribution is 2.38. The van der Waals surface area contributed by atoms with Gasteiger partial charge in [0.25, 0.3) is 0 Å². The number of nitrogens with one attached hydrogen (secondary N) is 1. The van der Waals surface area contributed by atoms with Crippen molar-refractivity contribution in [2.75, 3.05) is 24.5 Å². The molecule has 1 atom stereocenters. The van der Waals surface area contributed by atoms with Gasteiger partial charge >= 0.3 is 0 Å². The summed E-state index contributed by atoms with van der Waals surface area (Å²) >= 11 is 1.70. The fraction of sp³-hybridized carbons (Fsp3) is 0.300. The van der Waals surface area contributed by atoms with Crippen molar-refractivity contribution in [2.45, 2.75) is 29.7 Å². The summed E-state index contributed by atoms with van der Waals surface area (Å²) in [5, 5.41) is 3.21. The molecule has 130 valence electrons. The predicted molar refractivity (Wildman–Crippen MR) is 102 cm³/mol. The number of rotatable bonds is 5. The molecule has 0 aromatic heterocycles. The normalized spacial score (nSPS) is 17.4. The predicted octanol–water partition coefficient (Wildman–Crippen LogP) is 3.00. The van der Waals surface area contributed by atoms with Gasteiger partial charge in [-0.3, -0.25) is 9.59 Å². The van der Waals surface area contributed by atoms with E-state index >= 15 is 0 Å². The first-order valence-electron chi connectivity index (χ1n) is 8.40. The third-order valence-electron chi connectivity index (χ3n) is 4.41. The Balaban J connectivity index is 1.94. The van der Waals surface area contributed by atoms with E-state index in [4.69, 9.17) is 0 Å². The number of hydrogen-bond acceptors (Lipinski definition) is 5. The zero-order chi connectivity index (χ0) is 17.8. The molecule has 1 aliphatic heterocycles. The second kappa shape index (κ2) is 7.85. The number of aldehydes is 1. The Morgan fingerprint density at radius 1 is 1.20 bits per heavy atom. The highest BCUT2D eigenvalue weighted by molar-refractivity contribution is 7.99. The molecule has 0 radical (unpaired) electrons. The minimum atomic E-state index is -0.438. The molecular formula is C20H22N2O2S. The van der Waals surface area contributed by atoms with Gasteiger partial charge in [0.1, 0.15) is 6.04 Å². The summed E-state index contributed by atoms with van der Waals surface area (Å²) in [6.45, 7) is 6.20. The number of benzene rings is 2. The van der Waals surface area contributed by atoms with Crippen LogP contribution in [0.4, 0.5) is 5.69 Å². The maximum absolute atomic E-state index is 12.1. The number of anilines is 1. The van der Waals surface area contributed by atoms with Crippen LogP contribution in [0, 0.1) is 13.8 Å². The molecule has 0 saturated carbocycles. The number of aryl methyl sites for hydroxylation is 2. The standard InChI is InChI=1S/C20H22N2O2S/c1-14-7-8-19(15(2)11-14)25-20-6-4-3-5-16(20)22-10-9-21-12-17(22)18(24)13-23/h3-8,11,13,17,21H,9-10,12H2,1-2H3. The Morgan fingerprint density at radius 3 is 2.76 bits per heavy atom.